The van der Waals surface area contributed by atoms with Crippen LogP contribution in [0.1, 0.15) is 0 Å². The molecule has 116 valence electrons. The van der Waals surface area contributed by atoms with E-state index < -0.39 is 0 Å². The zero-order valence-corrected chi connectivity index (χ0v) is 12.4. The molecule has 0 atom stereocenters. The number of hydrogen-bond acceptors (Lipinski definition) is 6. The number of nitrogens with one attached hydrogen (secondary N) is 2. The van der Waals surface area contributed by atoms with Crippen LogP contribution in [0.4, 0.5) is 17.3 Å². The van der Waals surface area contributed by atoms with E-state index in [1.807, 2.05) is 0 Å². The minimum atomic E-state index is -0.330. The molecule has 0 radical (unpaired) electrons. The van der Waals surface area contributed by atoms with E-state index in [2.05, 4.69) is 20.5 Å². The Bertz CT molecular complexity index is 857. The van der Waals surface area contributed by atoms with Crippen LogP contribution in [0.3, 0.4) is 0 Å². The van der Waals surface area contributed by atoms with E-state index in [0.29, 0.717) is 17.0 Å². The van der Waals surface area contributed by atoms with Gasteiger partial charge in [0.2, 0.25) is 5.95 Å². The summed E-state index contributed by atoms with van der Waals surface area (Å²) >= 11 is 0. The van der Waals surface area contributed by atoms with E-state index in [1.54, 1.807) is 55.6 Å². The highest BCUT2D eigenvalue weighted by Crippen LogP contribution is 2.18. The standard InChI is InChI=1S/C16H15N5O2/c1-23-13-8-2-10(3-9-13)14-15(22)19-16(21-20-14)18-12-6-4-11(17)5-7-12/h2-9H,17H2,1H3,(H2,18,19,21,22). The highest BCUT2D eigenvalue weighted by atomic mass is 16.5. The van der Waals surface area contributed by atoms with Crippen LogP contribution in [0.5, 0.6) is 5.75 Å². The lowest BCUT2D eigenvalue weighted by Gasteiger charge is -2.06. The molecule has 2 aromatic carbocycles. The molecule has 4 N–H and O–H groups in total. The van der Waals surface area contributed by atoms with Crippen molar-refractivity contribution in [2.75, 3.05) is 18.2 Å². The van der Waals surface area contributed by atoms with Crippen LogP contribution in [-0.4, -0.2) is 22.3 Å². The second-order valence-corrected chi connectivity index (χ2v) is 4.83. The Morgan fingerprint density at radius 2 is 1.74 bits per heavy atom. The van der Waals surface area contributed by atoms with Crippen molar-refractivity contribution in [2.24, 2.45) is 0 Å². The summed E-state index contributed by atoms with van der Waals surface area (Å²) in [7, 11) is 1.58. The number of hydrogen-bond donors (Lipinski definition) is 3. The minimum Gasteiger partial charge on any atom is -0.497 e. The fourth-order valence-electron chi connectivity index (χ4n) is 2.03. The van der Waals surface area contributed by atoms with Crippen molar-refractivity contribution in [1.82, 2.24) is 15.2 Å². The van der Waals surface area contributed by atoms with Gasteiger partial charge in [0.15, 0.2) is 5.69 Å². The Hall–Kier alpha value is -3.35. The molecule has 0 amide bonds. The Morgan fingerprint density at radius 1 is 1.04 bits per heavy atom. The van der Waals surface area contributed by atoms with Crippen molar-refractivity contribution in [3.05, 3.63) is 58.9 Å². The van der Waals surface area contributed by atoms with Crippen LogP contribution in [0.15, 0.2) is 53.3 Å². The lowest BCUT2D eigenvalue weighted by molar-refractivity contribution is 0.415. The molecule has 1 aromatic heterocycles. The van der Waals surface area contributed by atoms with Crippen LogP contribution in [0.2, 0.25) is 0 Å². The van der Waals surface area contributed by atoms with Gasteiger partial charge in [-0.1, -0.05) is 0 Å². The summed E-state index contributed by atoms with van der Waals surface area (Å²) in [5.74, 6) is 0.969. The quantitative estimate of drug-likeness (QED) is 0.638. The largest absolute Gasteiger partial charge is 0.497 e. The summed E-state index contributed by atoms with van der Waals surface area (Å²) in [6.07, 6.45) is 0. The zero-order valence-electron chi connectivity index (χ0n) is 12.4. The number of rotatable bonds is 4. The molecule has 23 heavy (non-hydrogen) atoms. The van der Waals surface area contributed by atoms with Crippen LogP contribution in [-0.2, 0) is 0 Å². The number of benzene rings is 2. The van der Waals surface area contributed by atoms with Gasteiger partial charge in [-0.3, -0.25) is 9.78 Å². The highest BCUT2D eigenvalue weighted by molar-refractivity contribution is 5.60. The first-order chi connectivity index (χ1) is 11.2. The summed E-state index contributed by atoms with van der Waals surface area (Å²) < 4.78 is 5.09. The molecule has 0 aliphatic rings. The van der Waals surface area contributed by atoms with E-state index in [0.717, 1.165) is 5.69 Å². The maximum absolute atomic E-state index is 12.2. The molecule has 3 rings (SSSR count). The fraction of sp³-hybridized carbons (Fsp3) is 0.0625. The third-order valence-electron chi connectivity index (χ3n) is 3.23. The molecule has 7 nitrogen and oxygen atoms in total. The van der Waals surface area contributed by atoms with Gasteiger partial charge >= 0.3 is 0 Å². The molecule has 0 aliphatic heterocycles. The van der Waals surface area contributed by atoms with E-state index in [-0.39, 0.29) is 17.2 Å². The molecular weight excluding hydrogens is 294 g/mol. The van der Waals surface area contributed by atoms with E-state index in [4.69, 9.17) is 10.5 Å². The summed E-state index contributed by atoms with van der Waals surface area (Å²) in [4.78, 5) is 14.9. The molecule has 7 heteroatoms. The Morgan fingerprint density at radius 3 is 2.35 bits per heavy atom. The van der Waals surface area contributed by atoms with Crippen molar-refractivity contribution >= 4 is 17.3 Å². The third kappa shape index (κ3) is 3.29. The highest BCUT2D eigenvalue weighted by Gasteiger charge is 2.08. The first-order valence-corrected chi connectivity index (χ1v) is 6.90. The lowest BCUT2D eigenvalue weighted by Crippen LogP contribution is -2.15. The molecule has 0 unspecified atom stereocenters. The summed E-state index contributed by atoms with van der Waals surface area (Å²) in [6.45, 7) is 0. The smallest absolute Gasteiger partial charge is 0.279 e. The SMILES string of the molecule is COc1ccc(-c2nnc(Nc3ccc(N)cc3)[nH]c2=O)cc1. The summed E-state index contributed by atoms with van der Waals surface area (Å²) in [5.41, 5.74) is 7.62. The van der Waals surface area contributed by atoms with Crippen LogP contribution in [0, 0.1) is 0 Å². The zero-order chi connectivity index (χ0) is 16.2. The second-order valence-electron chi connectivity index (χ2n) is 4.83. The number of aromatic nitrogens is 3. The maximum Gasteiger partial charge on any atom is 0.279 e. The Labute approximate surface area is 132 Å². The summed E-state index contributed by atoms with van der Waals surface area (Å²) in [5, 5.41) is 11.0. The van der Waals surface area contributed by atoms with Crippen LogP contribution < -0.4 is 21.3 Å². The molecule has 1 heterocycles. The van der Waals surface area contributed by atoms with Crippen molar-refractivity contribution in [3.8, 4) is 17.0 Å². The van der Waals surface area contributed by atoms with E-state index >= 15 is 0 Å². The molecular formula is C16H15N5O2. The molecule has 0 aliphatic carbocycles. The number of nitrogens with zero attached hydrogens (tertiary/aromatic N) is 2. The predicted molar refractivity (Wildman–Crippen MR) is 88.8 cm³/mol. The minimum absolute atomic E-state index is 0.246. The molecule has 0 spiro atoms. The first kappa shape index (κ1) is 14.6. The van der Waals surface area contributed by atoms with E-state index in [1.165, 1.54) is 0 Å². The van der Waals surface area contributed by atoms with Crippen molar-refractivity contribution in [2.45, 2.75) is 0 Å². The molecule has 0 saturated carbocycles. The number of nitrogen functional groups attached to an aromatic ring is 1. The average Bonchev–Trinajstić information content (AvgIpc) is 2.57. The van der Waals surface area contributed by atoms with Crippen molar-refractivity contribution < 1.29 is 4.74 Å². The number of ether oxygens (including phenoxy) is 1. The van der Waals surface area contributed by atoms with Gasteiger partial charge in [0.1, 0.15) is 5.75 Å². The number of methoxy groups -OCH3 is 1. The van der Waals surface area contributed by atoms with Crippen LogP contribution >= 0.6 is 0 Å². The molecule has 0 bridgehead atoms. The number of aromatic amines is 1. The van der Waals surface area contributed by atoms with Gasteiger partial charge in [-0.2, -0.15) is 0 Å². The van der Waals surface area contributed by atoms with Gasteiger partial charge in [-0.05, 0) is 48.5 Å². The number of H-pyrrole nitrogens is 1. The Balaban J connectivity index is 1.85. The maximum atomic E-state index is 12.2. The van der Waals surface area contributed by atoms with Crippen LogP contribution in [0.25, 0.3) is 11.3 Å². The van der Waals surface area contributed by atoms with Gasteiger partial charge in [-0.25, -0.2) is 0 Å². The van der Waals surface area contributed by atoms with Crippen molar-refractivity contribution in [3.63, 3.8) is 0 Å². The first-order valence-electron chi connectivity index (χ1n) is 6.90. The van der Waals surface area contributed by atoms with E-state index in [9.17, 15) is 4.79 Å². The second kappa shape index (κ2) is 6.18. The normalized spacial score (nSPS) is 10.3. The average molecular weight is 309 g/mol. The van der Waals surface area contributed by atoms with Gasteiger partial charge in [0, 0.05) is 16.9 Å². The van der Waals surface area contributed by atoms with Crippen molar-refractivity contribution in [1.29, 1.82) is 0 Å². The fourth-order valence-corrected chi connectivity index (χ4v) is 2.03. The monoisotopic (exact) mass is 309 g/mol. The Kier molecular flexibility index (Phi) is 3.92. The number of anilines is 3. The van der Waals surface area contributed by atoms with Gasteiger partial charge in [0.25, 0.3) is 5.56 Å². The molecule has 3 aromatic rings. The lowest BCUT2D eigenvalue weighted by atomic mass is 10.1. The van der Waals surface area contributed by atoms with Gasteiger partial charge in [0.05, 0.1) is 7.11 Å². The predicted octanol–water partition coefficient (Wildman–Crippen LogP) is 2.17. The van der Waals surface area contributed by atoms with Gasteiger partial charge < -0.3 is 15.8 Å². The molecule has 0 saturated heterocycles. The molecule has 0 fully saturated rings. The van der Waals surface area contributed by atoms with Gasteiger partial charge in [-0.15, -0.1) is 10.2 Å². The topological polar surface area (TPSA) is 106 Å². The third-order valence-corrected chi connectivity index (χ3v) is 3.23. The summed E-state index contributed by atoms with van der Waals surface area (Å²) in [6, 6.07) is 14.1. The number of nitrogens with two attached hydrogens (primary N) is 1.